The molecule has 1 aliphatic heterocycles. The monoisotopic (exact) mass is 187 g/mol. The number of nitrogens with zero attached hydrogens (tertiary/aromatic N) is 1. The average molecular weight is 187 g/mol. The van der Waals surface area contributed by atoms with E-state index in [1.807, 2.05) is 6.92 Å². The number of cyclic esters (lactones) is 1. The molecule has 0 unspecified atom stereocenters. The molecular weight excluding hydrogens is 174 g/mol. The first-order chi connectivity index (χ1) is 6.15. The second-order valence-electron chi connectivity index (χ2n) is 3.01. The summed E-state index contributed by atoms with van der Waals surface area (Å²) in [4.78, 5) is 22.9. The van der Waals surface area contributed by atoms with Crippen LogP contribution in [-0.4, -0.2) is 41.3 Å². The van der Waals surface area contributed by atoms with E-state index in [1.165, 1.54) is 4.90 Å². The maximum atomic E-state index is 11.0. The van der Waals surface area contributed by atoms with E-state index in [4.69, 9.17) is 5.11 Å². The SMILES string of the molecule is CCCCN1C[C@@H](C(=O)O)OC1=O. The minimum absolute atomic E-state index is 0.175. The van der Waals surface area contributed by atoms with Crippen molar-refractivity contribution < 1.29 is 19.4 Å². The number of carboxylic acids is 1. The van der Waals surface area contributed by atoms with Gasteiger partial charge in [0.25, 0.3) is 0 Å². The Morgan fingerprint density at radius 2 is 2.46 bits per heavy atom. The van der Waals surface area contributed by atoms with Gasteiger partial charge >= 0.3 is 12.1 Å². The lowest BCUT2D eigenvalue weighted by molar-refractivity contribution is -0.144. The number of unbranched alkanes of at least 4 members (excludes halogenated alkanes) is 1. The number of hydrogen-bond acceptors (Lipinski definition) is 3. The van der Waals surface area contributed by atoms with Gasteiger partial charge < -0.3 is 14.7 Å². The summed E-state index contributed by atoms with van der Waals surface area (Å²) in [7, 11) is 0. The van der Waals surface area contributed by atoms with Crippen molar-refractivity contribution in [3.63, 3.8) is 0 Å². The molecule has 1 heterocycles. The standard InChI is InChI=1S/C8H13NO4/c1-2-3-4-9-5-6(7(10)11)13-8(9)12/h6H,2-5H2,1H3,(H,10,11)/t6-/m0/s1. The number of hydrogen-bond donors (Lipinski definition) is 1. The largest absolute Gasteiger partial charge is 0.478 e. The fourth-order valence-corrected chi connectivity index (χ4v) is 1.17. The van der Waals surface area contributed by atoms with Crippen LogP contribution in [0, 0.1) is 0 Å². The highest BCUT2D eigenvalue weighted by atomic mass is 16.6. The second-order valence-corrected chi connectivity index (χ2v) is 3.01. The fraction of sp³-hybridized carbons (Fsp3) is 0.750. The molecule has 1 rings (SSSR count). The maximum Gasteiger partial charge on any atom is 0.410 e. The minimum atomic E-state index is -1.08. The first kappa shape index (κ1) is 9.83. The van der Waals surface area contributed by atoms with Crippen molar-refractivity contribution in [2.45, 2.75) is 25.9 Å². The van der Waals surface area contributed by atoms with Crippen LogP contribution >= 0.6 is 0 Å². The molecule has 0 saturated carbocycles. The lowest BCUT2D eigenvalue weighted by Crippen LogP contribution is -2.28. The Bertz CT molecular complexity index is 216. The number of carbonyl (C=O) groups is 2. The van der Waals surface area contributed by atoms with E-state index in [2.05, 4.69) is 4.74 Å². The first-order valence-electron chi connectivity index (χ1n) is 4.33. The Kier molecular flexibility index (Phi) is 3.11. The van der Waals surface area contributed by atoms with Gasteiger partial charge in [-0.25, -0.2) is 9.59 Å². The van der Waals surface area contributed by atoms with Gasteiger partial charge in [0.2, 0.25) is 6.10 Å². The lowest BCUT2D eigenvalue weighted by atomic mass is 10.3. The molecule has 1 N–H and O–H groups in total. The second kappa shape index (κ2) is 4.11. The van der Waals surface area contributed by atoms with E-state index in [0.29, 0.717) is 6.54 Å². The highest BCUT2D eigenvalue weighted by Gasteiger charge is 2.35. The van der Waals surface area contributed by atoms with Crippen molar-refractivity contribution in [1.82, 2.24) is 4.90 Å². The number of carbonyl (C=O) groups excluding carboxylic acids is 1. The summed E-state index contributed by atoms with van der Waals surface area (Å²) in [6.45, 7) is 2.77. The average Bonchev–Trinajstić information content (AvgIpc) is 2.44. The normalized spacial score (nSPS) is 21.8. The molecule has 13 heavy (non-hydrogen) atoms. The molecular formula is C8H13NO4. The summed E-state index contributed by atoms with van der Waals surface area (Å²) in [5.41, 5.74) is 0. The maximum absolute atomic E-state index is 11.0. The van der Waals surface area contributed by atoms with Gasteiger partial charge in [0.1, 0.15) is 0 Å². The number of aliphatic carboxylic acids is 1. The summed E-state index contributed by atoms with van der Waals surface area (Å²) in [6, 6.07) is 0. The van der Waals surface area contributed by atoms with Crippen molar-refractivity contribution in [2.75, 3.05) is 13.1 Å². The van der Waals surface area contributed by atoms with E-state index >= 15 is 0 Å². The molecule has 0 radical (unpaired) electrons. The van der Waals surface area contributed by atoms with Crippen LogP contribution in [0.1, 0.15) is 19.8 Å². The van der Waals surface area contributed by atoms with E-state index in [0.717, 1.165) is 12.8 Å². The molecule has 0 aromatic rings. The molecule has 0 aromatic heterocycles. The van der Waals surface area contributed by atoms with Gasteiger partial charge in [0.05, 0.1) is 6.54 Å². The Hall–Kier alpha value is -1.26. The molecule has 0 aromatic carbocycles. The van der Waals surface area contributed by atoms with Crippen LogP contribution in [0.5, 0.6) is 0 Å². The smallest absolute Gasteiger partial charge is 0.410 e. The molecule has 5 nitrogen and oxygen atoms in total. The lowest BCUT2D eigenvalue weighted by Gasteiger charge is -2.10. The van der Waals surface area contributed by atoms with Gasteiger partial charge in [-0.15, -0.1) is 0 Å². The zero-order valence-corrected chi connectivity index (χ0v) is 7.52. The van der Waals surface area contributed by atoms with Crippen LogP contribution in [0.25, 0.3) is 0 Å². The van der Waals surface area contributed by atoms with E-state index in [-0.39, 0.29) is 6.54 Å². The molecule has 0 aliphatic carbocycles. The van der Waals surface area contributed by atoms with Crippen molar-refractivity contribution in [3.05, 3.63) is 0 Å². The van der Waals surface area contributed by atoms with Crippen LogP contribution in [-0.2, 0) is 9.53 Å². The van der Waals surface area contributed by atoms with Crippen LogP contribution in [0.4, 0.5) is 4.79 Å². The zero-order chi connectivity index (χ0) is 9.84. The molecule has 1 aliphatic rings. The Morgan fingerprint density at radius 1 is 1.77 bits per heavy atom. The Balaban J connectivity index is 2.42. The van der Waals surface area contributed by atoms with Gasteiger partial charge in [-0.1, -0.05) is 13.3 Å². The van der Waals surface area contributed by atoms with Crippen molar-refractivity contribution in [2.24, 2.45) is 0 Å². The van der Waals surface area contributed by atoms with E-state index in [1.54, 1.807) is 0 Å². The minimum Gasteiger partial charge on any atom is -0.478 e. The molecule has 0 spiro atoms. The number of amides is 1. The van der Waals surface area contributed by atoms with Crippen molar-refractivity contribution >= 4 is 12.1 Å². The summed E-state index contributed by atoms with van der Waals surface area (Å²) < 4.78 is 4.62. The number of carboxylic acid groups (broad SMARTS) is 1. The Labute approximate surface area is 76.3 Å². The third kappa shape index (κ3) is 2.34. The van der Waals surface area contributed by atoms with E-state index < -0.39 is 18.2 Å². The van der Waals surface area contributed by atoms with Gasteiger partial charge in [0.15, 0.2) is 0 Å². The molecule has 0 bridgehead atoms. The highest BCUT2D eigenvalue weighted by Crippen LogP contribution is 2.11. The summed E-state index contributed by atoms with van der Waals surface area (Å²) in [5.74, 6) is -1.08. The van der Waals surface area contributed by atoms with Crippen molar-refractivity contribution in [1.29, 1.82) is 0 Å². The van der Waals surface area contributed by atoms with Crippen LogP contribution < -0.4 is 0 Å². The molecule has 1 atom stereocenters. The number of rotatable bonds is 4. The molecule has 5 heteroatoms. The first-order valence-corrected chi connectivity index (χ1v) is 4.33. The van der Waals surface area contributed by atoms with Crippen LogP contribution in [0.2, 0.25) is 0 Å². The summed E-state index contributed by atoms with van der Waals surface area (Å²) >= 11 is 0. The topological polar surface area (TPSA) is 66.8 Å². The zero-order valence-electron chi connectivity index (χ0n) is 7.52. The summed E-state index contributed by atoms with van der Waals surface area (Å²) in [5, 5.41) is 8.57. The molecule has 1 amide bonds. The van der Waals surface area contributed by atoms with Gasteiger partial charge in [0, 0.05) is 6.54 Å². The van der Waals surface area contributed by atoms with Gasteiger partial charge in [-0.2, -0.15) is 0 Å². The fourth-order valence-electron chi connectivity index (χ4n) is 1.17. The van der Waals surface area contributed by atoms with Crippen molar-refractivity contribution in [3.8, 4) is 0 Å². The quantitative estimate of drug-likeness (QED) is 0.703. The van der Waals surface area contributed by atoms with E-state index in [9.17, 15) is 9.59 Å². The molecule has 1 saturated heterocycles. The van der Waals surface area contributed by atoms with Gasteiger partial charge in [-0.05, 0) is 6.42 Å². The summed E-state index contributed by atoms with van der Waals surface area (Å²) in [6.07, 6.45) is 0.355. The molecule has 1 fully saturated rings. The predicted octanol–water partition coefficient (Wildman–Crippen LogP) is 0.692. The third-order valence-corrected chi connectivity index (χ3v) is 1.94. The Morgan fingerprint density at radius 3 is 2.92 bits per heavy atom. The predicted molar refractivity (Wildman–Crippen MR) is 44.4 cm³/mol. The van der Waals surface area contributed by atoms with Crippen LogP contribution in [0.15, 0.2) is 0 Å². The highest BCUT2D eigenvalue weighted by molar-refractivity contribution is 5.81. The molecule has 74 valence electrons. The number of ether oxygens (including phenoxy) is 1. The third-order valence-electron chi connectivity index (χ3n) is 1.94. The van der Waals surface area contributed by atoms with Gasteiger partial charge in [-0.3, -0.25) is 0 Å². The van der Waals surface area contributed by atoms with Crippen LogP contribution in [0.3, 0.4) is 0 Å².